The molecule has 2 amide bonds. The molecule has 2 aromatic rings. The molecule has 4 nitrogen and oxygen atoms in total. The number of alkyl halides is 3. The van der Waals surface area contributed by atoms with Gasteiger partial charge in [-0.1, -0.05) is 0 Å². The van der Waals surface area contributed by atoms with Gasteiger partial charge in [-0.15, -0.1) is 11.3 Å². The molecule has 3 rings (SSSR count). The highest BCUT2D eigenvalue weighted by Gasteiger charge is 2.36. The molecule has 0 saturated heterocycles. The molecule has 126 valence electrons. The maximum Gasteiger partial charge on any atom is 0.416 e. The molecule has 0 bridgehead atoms. The lowest BCUT2D eigenvalue weighted by molar-refractivity contribution is -0.137. The van der Waals surface area contributed by atoms with Crippen molar-refractivity contribution in [3.05, 3.63) is 41.3 Å². The van der Waals surface area contributed by atoms with E-state index in [1.165, 1.54) is 27.2 Å². The third-order valence-electron chi connectivity index (χ3n) is 3.73. The molecular formula is C16H13F3N2O2S. The normalized spacial score (nSPS) is 15.5. The molecule has 0 saturated carbocycles. The van der Waals surface area contributed by atoms with E-state index in [4.69, 9.17) is 0 Å². The Morgan fingerprint density at radius 1 is 1.12 bits per heavy atom. The molecule has 1 aromatic heterocycles. The predicted octanol–water partition coefficient (Wildman–Crippen LogP) is 4.19. The van der Waals surface area contributed by atoms with Crippen molar-refractivity contribution in [3.8, 4) is 0 Å². The number of carbonyl (C=O) groups excluding carboxylic acids is 2. The van der Waals surface area contributed by atoms with Gasteiger partial charge in [0.15, 0.2) is 0 Å². The molecule has 0 aliphatic carbocycles. The van der Waals surface area contributed by atoms with Crippen LogP contribution in [0.25, 0.3) is 0 Å². The zero-order chi connectivity index (χ0) is 17.5. The first-order chi connectivity index (χ1) is 11.3. The lowest BCUT2D eigenvalue weighted by Crippen LogP contribution is -2.31. The second-order valence-electron chi connectivity index (χ2n) is 5.20. The highest BCUT2D eigenvalue weighted by Crippen LogP contribution is 2.42. The van der Waals surface area contributed by atoms with Gasteiger partial charge in [0.1, 0.15) is 11.4 Å². The van der Waals surface area contributed by atoms with Crippen LogP contribution in [-0.2, 0) is 15.8 Å². The summed E-state index contributed by atoms with van der Waals surface area (Å²) in [6, 6.07) is 6.44. The molecule has 0 unspecified atom stereocenters. The molecule has 0 N–H and O–H groups in total. The summed E-state index contributed by atoms with van der Waals surface area (Å²) in [7, 11) is 0. The molecule has 1 aliphatic rings. The van der Waals surface area contributed by atoms with E-state index in [0.717, 1.165) is 12.1 Å². The van der Waals surface area contributed by atoms with Crippen LogP contribution in [0.5, 0.6) is 0 Å². The van der Waals surface area contributed by atoms with Crippen molar-refractivity contribution in [1.29, 1.82) is 0 Å². The van der Waals surface area contributed by atoms with Crippen LogP contribution in [0, 0.1) is 0 Å². The van der Waals surface area contributed by atoms with E-state index in [9.17, 15) is 22.8 Å². The molecule has 8 heteroatoms. The van der Waals surface area contributed by atoms with Crippen LogP contribution in [0.4, 0.5) is 29.5 Å². The van der Waals surface area contributed by atoms with Crippen molar-refractivity contribution in [2.24, 2.45) is 0 Å². The fraction of sp³-hybridized carbons (Fsp3) is 0.250. The highest BCUT2D eigenvalue weighted by atomic mass is 32.1. The number of carbonyl (C=O) groups is 2. The molecule has 0 fully saturated rings. The zero-order valence-electron chi connectivity index (χ0n) is 12.6. The van der Waals surface area contributed by atoms with Crippen molar-refractivity contribution >= 4 is 39.5 Å². The first kappa shape index (κ1) is 16.5. The van der Waals surface area contributed by atoms with E-state index in [2.05, 4.69) is 0 Å². The summed E-state index contributed by atoms with van der Waals surface area (Å²) < 4.78 is 39.3. The van der Waals surface area contributed by atoms with Crippen LogP contribution in [0.1, 0.15) is 18.9 Å². The number of halogens is 3. The monoisotopic (exact) mass is 354 g/mol. The minimum atomic E-state index is -4.54. The van der Waals surface area contributed by atoms with Crippen molar-refractivity contribution in [2.75, 3.05) is 16.3 Å². The maximum absolute atomic E-state index is 13.1. The average Bonchev–Trinajstić information content (AvgIpc) is 2.98. The number of anilines is 3. The average molecular weight is 354 g/mol. The number of benzene rings is 1. The fourth-order valence-corrected chi connectivity index (χ4v) is 3.42. The van der Waals surface area contributed by atoms with Crippen LogP contribution < -0.4 is 9.80 Å². The van der Waals surface area contributed by atoms with E-state index in [0.29, 0.717) is 10.7 Å². The maximum atomic E-state index is 13.1. The molecule has 24 heavy (non-hydrogen) atoms. The van der Waals surface area contributed by atoms with Gasteiger partial charge in [-0.2, -0.15) is 13.2 Å². The summed E-state index contributed by atoms with van der Waals surface area (Å²) >= 11 is 1.22. The Labute approximate surface area is 140 Å². The summed E-state index contributed by atoms with van der Waals surface area (Å²) in [5, 5.41) is 2.20. The lowest BCUT2D eigenvalue weighted by Gasteiger charge is -2.25. The number of amides is 2. The van der Waals surface area contributed by atoms with E-state index in [1.807, 2.05) is 0 Å². The Bertz CT molecular complexity index is 787. The van der Waals surface area contributed by atoms with Crippen LogP contribution in [0.2, 0.25) is 0 Å². The third-order valence-corrected chi connectivity index (χ3v) is 4.58. The molecule has 0 spiro atoms. The smallest absolute Gasteiger partial charge is 0.310 e. The second-order valence-corrected chi connectivity index (χ2v) is 6.12. The SMILES string of the molecule is CCN1C(=O)CC(=O)N(c2cccs2)c2cc(C(F)(F)F)ccc21. The van der Waals surface area contributed by atoms with Gasteiger partial charge in [-0.25, -0.2) is 0 Å². The Kier molecular flexibility index (Phi) is 4.08. The number of hydrogen-bond acceptors (Lipinski definition) is 3. The number of hydrogen-bond donors (Lipinski definition) is 0. The van der Waals surface area contributed by atoms with Gasteiger partial charge in [0.25, 0.3) is 0 Å². The Hall–Kier alpha value is -2.35. The number of thiophene rings is 1. The van der Waals surface area contributed by atoms with Crippen molar-refractivity contribution < 1.29 is 22.8 Å². The molecule has 0 atom stereocenters. The second kappa shape index (κ2) is 5.94. The zero-order valence-corrected chi connectivity index (χ0v) is 13.4. The molecule has 0 radical (unpaired) electrons. The summed E-state index contributed by atoms with van der Waals surface area (Å²) in [5.74, 6) is -0.971. The summed E-state index contributed by atoms with van der Waals surface area (Å²) in [5.41, 5.74) is -0.485. The van der Waals surface area contributed by atoms with E-state index in [-0.39, 0.29) is 18.7 Å². The standard InChI is InChI=1S/C16H13F3N2O2S/c1-2-20-11-6-5-10(16(17,18)19)8-12(11)21(14(23)9-13(20)22)15-4-3-7-24-15/h3-8H,2,9H2,1H3. The first-order valence-electron chi connectivity index (χ1n) is 7.21. The fourth-order valence-electron chi connectivity index (χ4n) is 2.67. The Morgan fingerprint density at radius 3 is 2.46 bits per heavy atom. The topological polar surface area (TPSA) is 40.6 Å². The molecule has 1 aliphatic heterocycles. The predicted molar refractivity (Wildman–Crippen MR) is 85.6 cm³/mol. The quantitative estimate of drug-likeness (QED) is 0.759. The molecular weight excluding hydrogens is 341 g/mol. The van der Waals surface area contributed by atoms with Crippen LogP contribution >= 0.6 is 11.3 Å². The number of rotatable bonds is 2. The van der Waals surface area contributed by atoms with E-state index in [1.54, 1.807) is 24.4 Å². The Morgan fingerprint density at radius 2 is 1.88 bits per heavy atom. The molecule has 2 heterocycles. The van der Waals surface area contributed by atoms with Gasteiger partial charge in [0, 0.05) is 6.54 Å². The third kappa shape index (κ3) is 2.77. The van der Waals surface area contributed by atoms with E-state index >= 15 is 0 Å². The molecule has 1 aromatic carbocycles. The van der Waals surface area contributed by atoms with Gasteiger partial charge >= 0.3 is 6.18 Å². The minimum absolute atomic E-state index is 0.0741. The van der Waals surface area contributed by atoms with Crippen molar-refractivity contribution in [1.82, 2.24) is 0 Å². The van der Waals surface area contributed by atoms with E-state index < -0.39 is 23.6 Å². The minimum Gasteiger partial charge on any atom is -0.310 e. The van der Waals surface area contributed by atoms with Crippen molar-refractivity contribution in [2.45, 2.75) is 19.5 Å². The largest absolute Gasteiger partial charge is 0.416 e. The van der Waals surface area contributed by atoms with Gasteiger partial charge in [0.05, 0.1) is 16.9 Å². The van der Waals surface area contributed by atoms with Crippen molar-refractivity contribution in [3.63, 3.8) is 0 Å². The Balaban J connectivity index is 2.25. The summed E-state index contributed by atoms with van der Waals surface area (Å²) in [6.45, 7) is 1.98. The lowest BCUT2D eigenvalue weighted by atomic mass is 10.1. The summed E-state index contributed by atoms with van der Waals surface area (Å²) in [6.07, 6.45) is -4.92. The van der Waals surface area contributed by atoms with Gasteiger partial charge < -0.3 is 4.90 Å². The van der Waals surface area contributed by atoms with Crippen LogP contribution in [-0.4, -0.2) is 18.4 Å². The number of fused-ring (bicyclic) bond motifs is 1. The van der Waals surface area contributed by atoms with Gasteiger partial charge in [-0.05, 0) is 42.6 Å². The first-order valence-corrected chi connectivity index (χ1v) is 8.09. The van der Waals surface area contributed by atoms with Gasteiger partial charge in [-0.3, -0.25) is 14.5 Å². The van der Waals surface area contributed by atoms with Crippen LogP contribution in [0.3, 0.4) is 0 Å². The van der Waals surface area contributed by atoms with Crippen LogP contribution in [0.15, 0.2) is 35.7 Å². The number of nitrogens with zero attached hydrogens (tertiary/aromatic N) is 2. The van der Waals surface area contributed by atoms with Gasteiger partial charge in [0.2, 0.25) is 11.8 Å². The highest BCUT2D eigenvalue weighted by molar-refractivity contribution is 7.14. The summed E-state index contributed by atoms with van der Waals surface area (Å²) in [4.78, 5) is 27.3.